The van der Waals surface area contributed by atoms with Gasteiger partial charge >= 0.3 is 0 Å². The van der Waals surface area contributed by atoms with E-state index < -0.39 is 0 Å². The molecule has 2 amide bonds. The van der Waals surface area contributed by atoms with Crippen molar-refractivity contribution in [2.45, 2.75) is 51.9 Å². The summed E-state index contributed by atoms with van der Waals surface area (Å²) in [5, 5.41) is 2.85. The van der Waals surface area contributed by atoms with Crippen molar-refractivity contribution in [2.75, 3.05) is 26.2 Å². The summed E-state index contributed by atoms with van der Waals surface area (Å²) in [5.74, 6) is 1.04. The Morgan fingerprint density at radius 1 is 1.22 bits per heavy atom. The van der Waals surface area contributed by atoms with Crippen LogP contribution in [0.25, 0.3) is 0 Å². The van der Waals surface area contributed by atoms with Crippen molar-refractivity contribution in [1.29, 1.82) is 0 Å². The first kappa shape index (κ1) is 20.2. The number of piperidine rings is 1. The SMILES string of the molecule is CC(CC1CCCC1)C(=O)N1CCCC(C(=O)NCCN)C1.Cl. The molecule has 0 aromatic heterocycles. The molecule has 0 bridgehead atoms. The number of nitrogens with two attached hydrogens (primary N) is 1. The second kappa shape index (κ2) is 10.1. The summed E-state index contributed by atoms with van der Waals surface area (Å²) in [4.78, 5) is 26.6. The molecule has 134 valence electrons. The lowest BCUT2D eigenvalue weighted by molar-refractivity contribution is -0.139. The van der Waals surface area contributed by atoms with Gasteiger partial charge in [0.2, 0.25) is 11.8 Å². The highest BCUT2D eigenvalue weighted by atomic mass is 35.5. The molecular weight excluding hydrogens is 314 g/mol. The van der Waals surface area contributed by atoms with Gasteiger partial charge in [-0.25, -0.2) is 0 Å². The molecular formula is C17H32ClN3O2. The summed E-state index contributed by atoms with van der Waals surface area (Å²) in [6.45, 7) is 4.40. The minimum Gasteiger partial charge on any atom is -0.355 e. The Hall–Kier alpha value is -0.810. The normalized spacial score (nSPS) is 23.2. The molecule has 2 atom stereocenters. The van der Waals surface area contributed by atoms with Gasteiger partial charge in [0.05, 0.1) is 5.92 Å². The molecule has 1 aliphatic heterocycles. The number of halogens is 1. The van der Waals surface area contributed by atoms with Crippen molar-refractivity contribution in [1.82, 2.24) is 10.2 Å². The maximum Gasteiger partial charge on any atom is 0.225 e. The third kappa shape index (κ3) is 5.96. The smallest absolute Gasteiger partial charge is 0.225 e. The molecule has 23 heavy (non-hydrogen) atoms. The van der Waals surface area contributed by atoms with Crippen LogP contribution < -0.4 is 11.1 Å². The molecule has 1 saturated carbocycles. The van der Waals surface area contributed by atoms with E-state index in [1.807, 2.05) is 4.90 Å². The van der Waals surface area contributed by atoms with Gasteiger partial charge in [-0.15, -0.1) is 12.4 Å². The highest BCUT2D eigenvalue weighted by molar-refractivity contribution is 5.85. The zero-order valence-electron chi connectivity index (χ0n) is 14.3. The largest absolute Gasteiger partial charge is 0.355 e. The van der Waals surface area contributed by atoms with Gasteiger partial charge in [-0.2, -0.15) is 0 Å². The maximum absolute atomic E-state index is 12.6. The van der Waals surface area contributed by atoms with E-state index in [0.29, 0.717) is 19.6 Å². The molecule has 2 aliphatic rings. The zero-order valence-corrected chi connectivity index (χ0v) is 15.1. The van der Waals surface area contributed by atoms with Crippen LogP contribution in [-0.2, 0) is 9.59 Å². The summed E-state index contributed by atoms with van der Waals surface area (Å²) in [6.07, 6.45) is 8.00. The molecule has 3 N–H and O–H groups in total. The first-order chi connectivity index (χ1) is 10.6. The Morgan fingerprint density at radius 2 is 1.91 bits per heavy atom. The molecule has 1 saturated heterocycles. The van der Waals surface area contributed by atoms with Crippen LogP contribution in [0, 0.1) is 17.8 Å². The van der Waals surface area contributed by atoms with E-state index >= 15 is 0 Å². The van der Waals surface area contributed by atoms with Crippen LogP contribution in [0.1, 0.15) is 51.9 Å². The number of likely N-dealkylation sites (tertiary alicyclic amines) is 1. The Morgan fingerprint density at radius 3 is 2.57 bits per heavy atom. The van der Waals surface area contributed by atoms with Crippen LogP contribution in [0.5, 0.6) is 0 Å². The van der Waals surface area contributed by atoms with Gasteiger partial charge in [0.1, 0.15) is 0 Å². The number of hydrogen-bond acceptors (Lipinski definition) is 3. The van der Waals surface area contributed by atoms with Gasteiger partial charge in [-0.3, -0.25) is 9.59 Å². The molecule has 2 fully saturated rings. The summed E-state index contributed by atoms with van der Waals surface area (Å²) in [7, 11) is 0. The average Bonchev–Trinajstić information content (AvgIpc) is 3.04. The molecule has 1 heterocycles. The highest BCUT2D eigenvalue weighted by Gasteiger charge is 2.31. The lowest BCUT2D eigenvalue weighted by atomic mass is 9.91. The molecule has 0 radical (unpaired) electrons. The fraction of sp³-hybridized carbons (Fsp3) is 0.882. The second-order valence-electron chi connectivity index (χ2n) is 6.99. The first-order valence-corrected chi connectivity index (χ1v) is 8.88. The quantitative estimate of drug-likeness (QED) is 0.772. The standard InChI is InChI=1S/C17H31N3O2.ClH/c1-13(11-14-5-2-3-6-14)17(22)20-10-4-7-15(12-20)16(21)19-9-8-18;/h13-15H,2-12,18H2,1H3,(H,19,21);1H. The molecule has 0 aromatic carbocycles. The van der Waals surface area contributed by atoms with E-state index in [1.165, 1.54) is 25.7 Å². The number of amides is 2. The van der Waals surface area contributed by atoms with Gasteiger partial charge in [0.25, 0.3) is 0 Å². The summed E-state index contributed by atoms with van der Waals surface area (Å²) < 4.78 is 0. The number of hydrogen-bond donors (Lipinski definition) is 2. The van der Waals surface area contributed by atoms with Gasteiger partial charge in [0, 0.05) is 32.1 Å². The predicted molar refractivity (Wildman–Crippen MR) is 94.4 cm³/mol. The number of carbonyl (C=O) groups excluding carboxylic acids is 2. The molecule has 2 rings (SSSR count). The van der Waals surface area contributed by atoms with Crippen molar-refractivity contribution in [2.24, 2.45) is 23.5 Å². The first-order valence-electron chi connectivity index (χ1n) is 8.88. The van der Waals surface area contributed by atoms with Gasteiger partial charge in [0.15, 0.2) is 0 Å². The van der Waals surface area contributed by atoms with Gasteiger partial charge in [-0.1, -0.05) is 32.6 Å². The third-order valence-electron chi connectivity index (χ3n) is 5.13. The van der Waals surface area contributed by atoms with Crippen molar-refractivity contribution < 1.29 is 9.59 Å². The fourth-order valence-corrected chi connectivity index (χ4v) is 3.89. The van der Waals surface area contributed by atoms with E-state index in [4.69, 9.17) is 5.73 Å². The van der Waals surface area contributed by atoms with Crippen molar-refractivity contribution in [3.8, 4) is 0 Å². The number of nitrogens with one attached hydrogen (secondary N) is 1. The molecule has 5 nitrogen and oxygen atoms in total. The highest BCUT2D eigenvalue weighted by Crippen LogP contribution is 2.31. The minimum atomic E-state index is -0.0667. The fourth-order valence-electron chi connectivity index (χ4n) is 3.89. The Bertz CT molecular complexity index is 386. The topological polar surface area (TPSA) is 75.4 Å². The molecule has 2 unspecified atom stereocenters. The third-order valence-corrected chi connectivity index (χ3v) is 5.13. The van der Waals surface area contributed by atoms with E-state index in [1.54, 1.807) is 0 Å². The lowest BCUT2D eigenvalue weighted by Gasteiger charge is -2.34. The van der Waals surface area contributed by atoms with Crippen LogP contribution in [0.4, 0.5) is 0 Å². The number of nitrogens with zero attached hydrogens (tertiary/aromatic N) is 1. The Kier molecular flexibility index (Phi) is 8.92. The molecule has 0 spiro atoms. The van der Waals surface area contributed by atoms with Crippen LogP contribution in [0.3, 0.4) is 0 Å². The van der Waals surface area contributed by atoms with Crippen LogP contribution in [0.15, 0.2) is 0 Å². The van der Waals surface area contributed by atoms with E-state index in [-0.39, 0.29) is 36.1 Å². The van der Waals surface area contributed by atoms with Crippen LogP contribution >= 0.6 is 12.4 Å². The van der Waals surface area contributed by atoms with E-state index in [0.717, 1.165) is 31.7 Å². The van der Waals surface area contributed by atoms with E-state index in [9.17, 15) is 9.59 Å². The Labute approximate surface area is 146 Å². The second-order valence-corrected chi connectivity index (χ2v) is 6.99. The maximum atomic E-state index is 12.6. The molecule has 1 aliphatic carbocycles. The van der Waals surface area contributed by atoms with Gasteiger partial charge < -0.3 is 16.0 Å². The zero-order chi connectivity index (χ0) is 15.9. The number of carbonyl (C=O) groups is 2. The lowest BCUT2D eigenvalue weighted by Crippen LogP contribution is -2.47. The summed E-state index contributed by atoms with van der Waals surface area (Å²) in [6, 6.07) is 0. The predicted octanol–water partition coefficient (Wildman–Crippen LogP) is 1.94. The summed E-state index contributed by atoms with van der Waals surface area (Å²) in [5.41, 5.74) is 5.42. The average molecular weight is 346 g/mol. The van der Waals surface area contributed by atoms with Crippen molar-refractivity contribution >= 4 is 24.2 Å². The van der Waals surface area contributed by atoms with Crippen LogP contribution in [-0.4, -0.2) is 42.9 Å². The molecule has 0 aromatic rings. The summed E-state index contributed by atoms with van der Waals surface area (Å²) >= 11 is 0. The monoisotopic (exact) mass is 345 g/mol. The molecule has 6 heteroatoms. The van der Waals surface area contributed by atoms with E-state index in [2.05, 4.69) is 12.2 Å². The minimum absolute atomic E-state index is 0. The van der Waals surface area contributed by atoms with Gasteiger partial charge in [-0.05, 0) is 25.2 Å². The van der Waals surface area contributed by atoms with Crippen molar-refractivity contribution in [3.05, 3.63) is 0 Å². The Balaban J connectivity index is 0.00000264. The number of rotatable bonds is 6. The van der Waals surface area contributed by atoms with Crippen molar-refractivity contribution in [3.63, 3.8) is 0 Å². The van der Waals surface area contributed by atoms with Crippen LogP contribution in [0.2, 0.25) is 0 Å².